The normalized spacial score (nSPS) is 11.4. The third-order valence-electron chi connectivity index (χ3n) is 3.99. The van der Waals surface area contributed by atoms with E-state index in [0.29, 0.717) is 17.8 Å². The molecule has 2 aromatic rings. The van der Waals surface area contributed by atoms with E-state index in [9.17, 15) is 0 Å². The Morgan fingerprint density at radius 2 is 1.71 bits per heavy atom. The first kappa shape index (κ1) is 15.2. The summed E-state index contributed by atoms with van der Waals surface area (Å²) in [7, 11) is 1.80. The van der Waals surface area contributed by atoms with Crippen molar-refractivity contribution in [1.29, 1.82) is 0 Å². The van der Waals surface area contributed by atoms with E-state index in [4.69, 9.17) is 0 Å². The smallest absolute Gasteiger partial charge is 0.241 e. The molecule has 0 aliphatic carbocycles. The summed E-state index contributed by atoms with van der Waals surface area (Å²) in [6.45, 7) is 6.53. The highest BCUT2D eigenvalue weighted by molar-refractivity contribution is 5.39. The van der Waals surface area contributed by atoms with Gasteiger partial charge in [-0.05, 0) is 19.3 Å². The first-order valence-electron chi connectivity index (χ1n) is 7.36. The van der Waals surface area contributed by atoms with Gasteiger partial charge in [0.05, 0.1) is 0 Å². The van der Waals surface area contributed by atoms with Crippen LogP contribution in [0.5, 0.6) is 0 Å². The van der Waals surface area contributed by atoms with Crippen molar-refractivity contribution in [2.24, 2.45) is 0 Å². The van der Waals surface area contributed by atoms with Crippen LogP contribution in [-0.4, -0.2) is 37.1 Å². The zero-order valence-electron chi connectivity index (χ0n) is 13.1. The minimum absolute atomic E-state index is 0.0125. The summed E-state index contributed by atoms with van der Waals surface area (Å²) in [5, 5.41) is 6.46. The first-order chi connectivity index (χ1) is 10.2. The van der Waals surface area contributed by atoms with Gasteiger partial charge in [-0.3, -0.25) is 4.57 Å². The highest BCUT2D eigenvalue weighted by Crippen LogP contribution is 2.24. The molecular weight excluding hydrogens is 266 g/mol. The highest BCUT2D eigenvalue weighted by Gasteiger charge is 2.25. The molecule has 114 valence electrons. The van der Waals surface area contributed by atoms with Crippen molar-refractivity contribution < 1.29 is 0 Å². The Kier molecular flexibility index (Phi) is 4.72. The number of anilines is 2. The van der Waals surface area contributed by atoms with E-state index in [1.165, 1.54) is 0 Å². The Morgan fingerprint density at radius 1 is 1.05 bits per heavy atom. The van der Waals surface area contributed by atoms with E-state index < -0.39 is 0 Å². The monoisotopic (exact) mass is 289 g/mol. The van der Waals surface area contributed by atoms with Crippen molar-refractivity contribution in [3.05, 3.63) is 18.7 Å². The van der Waals surface area contributed by atoms with Crippen molar-refractivity contribution in [3.63, 3.8) is 0 Å². The maximum Gasteiger partial charge on any atom is 0.241 e. The SMILES string of the molecule is CCC(CC)(CC)Nc1nc(NC)nc(-n2ccnc2)n1. The predicted molar refractivity (Wildman–Crippen MR) is 83.7 cm³/mol. The Labute approximate surface area is 125 Å². The quantitative estimate of drug-likeness (QED) is 0.815. The van der Waals surface area contributed by atoms with Crippen LogP contribution in [0.1, 0.15) is 40.0 Å². The topological polar surface area (TPSA) is 80.5 Å². The molecule has 7 nitrogen and oxygen atoms in total. The maximum atomic E-state index is 4.50. The van der Waals surface area contributed by atoms with Crippen LogP contribution >= 0.6 is 0 Å². The van der Waals surface area contributed by atoms with E-state index in [1.807, 2.05) is 6.20 Å². The lowest BCUT2D eigenvalue weighted by atomic mass is 9.90. The zero-order chi connectivity index (χ0) is 15.3. The summed E-state index contributed by atoms with van der Waals surface area (Å²) in [6.07, 6.45) is 8.23. The van der Waals surface area contributed by atoms with Crippen LogP contribution < -0.4 is 10.6 Å². The number of nitrogens with zero attached hydrogens (tertiary/aromatic N) is 5. The molecule has 0 fully saturated rings. The van der Waals surface area contributed by atoms with E-state index in [2.05, 4.69) is 51.3 Å². The van der Waals surface area contributed by atoms with Crippen LogP contribution in [-0.2, 0) is 0 Å². The fraction of sp³-hybridized carbons (Fsp3) is 0.571. The average molecular weight is 289 g/mol. The summed E-state index contributed by atoms with van der Waals surface area (Å²) < 4.78 is 1.76. The minimum atomic E-state index is 0.0125. The summed E-state index contributed by atoms with van der Waals surface area (Å²) in [5.41, 5.74) is 0.0125. The van der Waals surface area contributed by atoms with Crippen LogP contribution in [0.3, 0.4) is 0 Å². The summed E-state index contributed by atoms with van der Waals surface area (Å²) in [4.78, 5) is 17.3. The number of imidazole rings is 1. The Balaban J connectivity index is 2.37. The Bertz CT molecular complexity index is 552. The lowest BCUT2D eigenvalue weighted by Gasteiger charge is -2.31. The standard InChI is InChI=1S/C14H23N7/c1-5-14(6-2,7-3)20-12-17-11(15-4)18-13(19-12)21-9-8-16-10-21/h8-10H,5-7H2,1-4H3,(H2,15,17,18,19,20). The summed E-state index contributed by atoms with van der Waals surface area (Å²) in [5.74, 6) is 1.67. The summed E-state index contributed by atoms with van der Waals surface area (Å²) >= 11 is 0. The van der Waals surface area contributed by atoms with Gasteiger partial charge in [0.15, 0.2) is 0 Å². The van der Waals surface area contributed by atoms with Crippen LogP contribution in [0.25, 0.3) is 5.95 Å². The largest absolute Gasteiger partial charge is 0.357 e. The van der Waals surface area contributed by atoms with Gasteiger partial charge >= 0.3 is 0 Å². The predicted octanol–water partition coefficient (Wildman–Crippen LogP) is 2.48. The van der Waals surface area contributed by atoms with E-state index in [1.54, 1.807) is 24.1 Å². The fourth-order valence-corrected chi connectivity index (χ4v) is 2.28. The van der Waals surface area contributed by atoms with E-state index in [0.717, 1.165) is 19.3 Å². The van der Waals surface area contributed by atoms with Gasteiger partial charge in [0.2, 0.25) is 17.8 Å². The molecule has 0 amide bonds. The highest BCUT2D eigenvalue weighted by atomic mass is 15.3. The number of nitrogens with one attached hydrogen (secondary N) is 2. The molecule has 7 heteroatoms. The first-order valence-corrected chi connectivity index (χ1v) is 7.36. The van der Waals surface area contributed by atoms with Gasteiger partial charge in [0.1, 0.15) is 6.33 Å². The van der Waals surface area contributed by atoms with Gasteiger partial charge in [-0.25, -0.2) is 4.98 Å². The number of hydrogen-bond acceptors (Lipinski definition) is 6. The fourth-order valence-electron chi connectivity index (χ4n) is 2.28. The maximum absolute atomic E-state index is 4.50. The second-order valence-corrected chi connectivity index (χ2v) is 4.97. The van der Waals surface area contributed by atoms with Crippen molar-refractivity contribution in [1.82, 2.24) is 24.5 Å². The lowest BCUT2D eigenvalue weighted by Crippen LogP contribution is -2.37. The van der Waals surface area contributed by atoms with E-state index in [-0.39, 0.29) is 5.54 Å². The molecule has 0 spiro atoms. The molecule has 0 aliphatic heterocycles. The number of rotatable bonds is 7. The molecule has 21 heavy (non-hydrogen) atoms. The van der Waals surface area contributed by atoms with Crippen LogP contribution in [0, 0.1) is 0 Å². The molecule has 0 unspecified atom stereocenters. The Morgan fingerprint density at radius 3 is 2.24 bits per heavy atom. The molecule has 0 radical (unpaired) electrons. The molecule has 0 aliphatic rings. The van der Waals surface area contributed by atoms with Crippen molar-refractivity contribution in [3.8, 4) is 5.95 Å². The lowest BCUT2D eigenvalue weighted by molar-refractivity contribution is 0.417. The van der Waals surface area contributed by atoms with Crippen LogP contribution in [0.2, 0.25) is 0 Å². The molecular formula is C14H23N7. The van der Waals surface area contributed by atoms with Gasteiger partial charge in [0.25, 0.3) is 0 Å². The van der Waals surface area contributed by atoms with Gasteiger partial charge in [-0.2, -0.15) is 15.0 Å². The third-order valence-corrected chi connectivity index (χ3v) is 3.99. The third kappa shape index (κ3) is 3.29. The van der Waals surface area contributed by atoms with Gasteiger partial charge < -0.3 is 10.6 Å². The van der Waals surface area contributed by atoms with Crippen LogP contribution in [0.4, 0.5) is 11.9 Å². The molecule has 2 heterocycles. The van der Waals surface area contributed by atoms with Crippen LogP contribution in [0.15, 0.2) is 18.7 Å². The molecule has 2 aromatic heterocycles. The second-order valence-electron chi connectivity index (χ2n) is 4.97. The number of aromatic nitrogens is 5. The molecule has 0 saturated carbocycles. The molecule has 2 N–H and O–H groups in total. The van der Waals surface area contributed by atoms with Gasteiger partial charge in [-0.1, -0.05) is 20.8 Å². The molecule has 0 saturated heterocycles. The van der Waals surface area contributed by atoms with Crippen molar-refractivity contribution in [2.45, 2.75) is 45.6 Å². The molecule has 0 bridgehead atoms. The van der Waals surface area contributed by atoms with Crippen molar-refractivity contribution >= 4 is 11.9 Å². The second kappa shape index (κ2) is 6.51. The molecule has 0 atom stereocenters. The minimum Gasteiger partial charge on any atom is -0.357 e. The van der Waals surface area contributed by atoms with Gasteiger partial charge in [-0.15, -0.1) is 0 Å². The van der Waals surface area contributed by atoms with E-state index >= 15 is 0 Å². The molecule has 0 aromatic carbocycles. The average Bonchev–Trinajstić information content (AvgIpc) is 3.07. The Hall–Kier alpha value is -2.18. The van der Waals surface area contributed by atoms with Crippen molar-refractivity contribution in [2.75, 3.05) is 17.7 Å². The molecule has 2 rings (SSSR count). The van der Waals surface area contributed by atoms with Gasteiger partial charge in [0, 0.05) is 25.0 Å². The number of hydrogen-bond donors (Lipinski definition) is 2. The zero-order valence-corrected chi connectivity index (χ0v) is 13.1. The summed E-state index contributed by atoms with van der Waals surface area (Å²) in [6, 6.07) is 0.